The average Bonchev–Trinajstić information content (AvgIpc) is 3.29. The minimum atomic E-state index is -0.883. The number of esters is 2. The first-order valence-electron chi connectivity index (χ1n) is 13.5. The Morgan fingerprint density at radius 2 is 1.91 bits per heavy atom. The number of allylic oxidation sites excluding steroid dienone is 1. The molecule has 1 atom stereocenters. The number of ether oxygens (including phenoxy) is 5. The van der Waals surface area contributed by atoms with E-state index in [0.717, 1.165) is 0 Å². The zero-order valence-electron chi connectivity index (χ0n) is 24.5. The maximum atomic E-state index is 14.0. The number of rotatable bonds is 12. The number of methoxy groups -OCH3 is 1. The maximum absolute atomic E-state index is 14.0. The summed E-state index contributed by atoms with van der Waals surface area (Å²) in [5, 5.41) is 0.358. The molecule has 0 saturated heterocycles. The van der Waals surface area contributed by atoms with Gasteiger partial charge in [0.25, 0.3) is 5.56 Å². The fourth-order valence-electron chi connectivity index (χ4n) is 4.48. The summed E-state index contributed by atoms with van der Waals surface area (Å²) in [6.07, 6.45) is 3.31. The third kappa shape index (κ3) is 7.09. The number of hydrogen-bond donors (Lipinski definition) is 0. The molecule has 0 aliphatic carbocycles. The van der Waals surface area contributed by atoms with Crippen molar-refractivity contribution in [3.63, 3.8) is 0 Å². The second kappa shape index (κ2) is 14.7. The smallest absolute Gasteiger partial charge is 0.343 e. The molecular weight excluding hydrogens is 676 g/mol. The molecule has 0 saturated carbocycles. The molecular formula is C31H30BrClN2O8S. The Balaban J connectivity index is 1.88. The van der Waals surface area contributed by atoms with E-state index in [4.69, 9.17) is 30.5 Å². The molecule has 13 heteroatoms. The topological polar surface area (TPSA) is 115 Å². The van der Waals surface area contributed by atoms with E-state index >= 15 is 0 Å². The second-order valence-corrected chi connectivity index (χ2v) is 11.5. The van der Waals surface area contributed by atoms with Crippen LogP contribution in [0.1, 0.15) is 37.9 Å². The predicted octanol–water partition coefficient (Wildman–Crippen LogP) is 4.73. The Morgan fingerprint density at radius 3 is 2.57 bits per heavy atom. The van der Waals surface area contributed by atoms with Gasteiger partial charge in [0.2, 0.25) is 0 Å². The number of carbonyl (C=O) groups excluding carboxylic acids is 2. The number of aromatic nitrogens is 1. The monoisotopic (exact) mass is 704 g/mol. The number of carbonyl (C=O) groups is 2. The van der Waals surface area contributed by atoms with Crippen LogP contribution < -0.4 is 29.1 Å². The van der Waals surface area contributed by atoms with Crippen molar-refractivity contribution in [1.29, 1.82) is 0 Å². The van der Waals surface area contributed by atoms with Crippen molar-refractivity contribution in [2.75, 3.05) is 33.5 Å². The molecule has 1 aliphatic heterocycles. The Labute approximate surface area is 270 Å². The van der Waals surface area contributed by atoms with Crippen LogP contribution in [0.4, 0.5) is 0 Å². The molecule has 0 radical (unpaired) electrons. The van der Waals surface area contributed by atoms with Crippen LogP contribution in [0.5, 0.6) is 17.2 Å². The van der Waals surface area contributed by atoms with Gasteiger partial charge in [-0.2, -0.15) is 0 Å². The zero-order valence-corrected chi connectivity index (χ0v) is 27.6. The Bertz CT molecular complexity index is 1790. The van der Waals surface area contributed by atoms with E-state index in [2.05, 4.69) is 32.2 Å². The van der Waals surface area contributed by atoms with Gasteiger partial charge in [0.15, 0.2) is 28.7 Å². The normalized spacial score (nSPS) is 14.4. The van der Waals surface area contributed by atoms with Crippen molar-refractivity contribution >= 4 is 56.9 Å². The van der Waals surface area contributed by atoms with Crippen molar-refractivity contribution in [2.24, 2.45) is 4.99 Å². The van der Waals surface area contributed by atoms with E-state index in [1.54, 1.807) is 63.3 Å². The first kappa shape index (κ1) is 33.0. The number of thiazole rings is 1. The maximum Gasteiger partial charge on any atom is 0.343 e. The summed E-state index contributed by atoms with van der Waals surface area (Å²) in [5.74, 6) is -0.0622. The summed E-state index contributed by atoms with van der Waals surface area (Å²) >= 11 is 11.1. The van der Waals surface area contributed by atoms with Crippen molar-refractivity contribution in [1.82, 2.24) is 4.57 Å². The first-order chi connectivity index (χ1) is 21.1. The van der Waals surface area contributed by atoms with Gasteiger partial charge in [0, 0.05) is 0 Å². The molecule has 232 valence electrons. The molecule has 1 aromatic heterocycles. The summed E-state index contributed by atoms with van der Waals surface area (Å²) < 4.78 is 29.5. The highest BCUT2D eigenvalue weighted by molar-refractivity contribution is 9.10. The van der Waals surface area contributed by atoms with Gasteiger partial charge in [-0.3, -0.25) is 9.36 Å². The van der Waals surface area contributed by atoms with Gasteiger partial charge < -0.3 is 23.7 Å². The quantitative estimate of drug-likeness (QED) is 0.196. The molecule has 2 heterocycles. The number of fused-ring (bicyclic) bond motifs is 1. The van der Waals surface area contributed by atoms with Gasteiger partial charge in [-0.25, -0.2) is 14.6 Å². The number of benzene rings is 2. The Morgan fingerprint density at radius 1 is 1.14 bits per heavy atom. The first-order valence-corrected chi connectivity index (χ1v) is 15.5. The zero-order chi connectivity index (χ0) is 32.0. The van der Waals surface area contributed by atoms with E-state index in [1.807, 2.05) is 0 Å². The van der Waals surface area contributed by atoms with E-state index in [9.17, 15) is 14.4 Å². The summed E-state index contributed by atoms with van der Waals surface area (Å²) in [6.45, 7) is 9.26. The van der Waals surface area contributed by atoms with E-state index in [-0.39, 0.29) is 31.0 Å². The molecule has 0 N–H and O–H groups in total. The molecule has 3 aromatic rings. The molecule has 0 fully saturated rings. The van der Waals surface area contributed by atoms with Crippen molar-refractivity contribution in [3.8, 4) is 17.2 Å². The van der Waals surface area contributed by atoms with Gasteiger partial charge in [-0.15, -0.1) is 0 Å². The minimum absolute atomic E-state index is 0.138. The third-order valence-electron chi connectivity index (χ3n) is 6.34. The van der Waals surface area contributed by atoms with Crippen LogP contribution in [0.15, 0.2) is 68.5 Å². The number of nitrogens with zero attached hydrogens (tertiary/aromatic N) is 2. The van der Waals surface area contributed by atoms with E-state index in [0.29, 0.717) is 59.5 Å². The van der Waals surface area contributed by atoms with Crippen LogP contribution in [0.3, 0.4) is 0 Å². The third-order valence-corrected chi connectivity index (χ3v) is 8.19. The van der Waals surface area contributed by atoms with Crippen LogP contribution in [0.2, 0.25) is 5.02 Å². The van der Waals surface area contributed by atoms with Crippen molar-refractivity contribution < 1.29 is 33.3 Å². The second-order valence-electron chi connectivity index (χ2n) is 9.22. The van der Waals surface area contributed by atoms with Crippen LogP contribution in [0.25, 0.3) is 6.08 Å². The van der Waals surface area contributed by atoms with Gasteiger partial charge in [0.1, 0.15) is 6.61 Å². The average molecular weight is 706 g/mol. The highest BCUT2D eigenvalue weighted by Crippen LogP contribution is 2.37. The summed E-state index contributed by atoms with van der Waals surface area (Å²) in [6, 6.07) is 7.59. The van der Waals surface area contributed by atoms with E-state index in [1.165, 1.54) is 23.0 Å². The van der Waals surface area contributed by atoms with Gasteiger partial charge in [-0.05, 0) is 78.2 Å². The summed E-state index contributed by atoms with van der Waals surface area (Å²) in [7, 11) is 1.26. The predicted molar refractivity (Wildman–Crippen MR) is 170 cm³/mol. The van der Waals surface area contributed by atoms with Crippen molar-refractivity contribution in [3.05, 3.63) is 94.6 Å². The molecule has 0 unspecified atom stereocenters. The molecule has 2 aromatic carbocycles. The van der Waals surface area contributed by atoms with Gasteiger partial charge in [-0.1, -0.05) is 41.7 Å². The standard InChI is InChI=1S/C31H30BrClN2O8S/c1-6-11-42-28-20(32)12-18(13-21(28)33)14-24-29(37)35-27(26(30(38)41-8-3)17(4)34-31(35)44-24)19-9-10-22(23(15-19)40-7-2)43-16-25(36)39-5/h6,9-10,12-15,27H,1,7-8,11,16H2,2-5H3/b24-14-/t27-/m0/s1. The number of halogens is 2. The van der Waals surface area contributed by atoms with Crippen molar-refractivity contribution in [2.45, 2.75) is 26.8 Å². The SMILES string of the molecule is C=CCOc1c(Cl)cc(/C=c2\sc3n(c2=O)[C@@H](c2ccc(OCC(=O)OC)c(OCC)c2)C(C(=O)OCC)=C(C)N=3)cc1Br. The van der Waals surface area contributed by atoms with Crippen LogP contribution in [-0.2, 0) is 19.1 Å². The molecule has 1 aliphatic rings. The molecule has 0 amide bonds. The van der Waals surface area contributed by atoms with Gasteiger partial charge >= 0.3 is 11.9 Å². The molecule has 0 spiro atoms. The fourth-order valence-corrected chi connectivity index (χ4v) is 6.51. The fraction of sp³-hybridized carbons (Fsp3) is 0.290. The highest BCUT2D eigenvalue weighted by Gasteiger charge is 2.34. The van der Waals surface area contributed by atoms with Gasteiger partial charge in [0.05, 0.1) is 51.7 Å². The van der Waals surface area contributed by atoms with Crippen LogP contribution >= 0.6 is 38.9 Å². The lowest BCUT2D eigenvalue weighted by atomic mass is 9.95. The van der Waals surface area contributed by atoms with E-state index < -0.39 is 18.0 Å². The van der Waals surface area contributed by atoms with Crippen LogP contribution in [-0.4, -0.2) is 50.0 Å². The summed E-state index contributed by atoms with van der Waals surface area (Å²) in [4.78, 5) is 44.0. The number of hydrogen-bond acceptors (Lipinski definition) is 10. The molecule has 4 rings (SSSR count). The molecule has 44 heavy (non-hydrogen) atoms. The lowest BCUT2D eigenvalue weighted by Gasteiger charge is -2.25. The Kier molecular flexibility index (Phi) is 11.1. The molecule has 0 bridgehead atoms. The lowest BCUT2D eigenvalue weighted by molar-refractivity contribution is -0.143. The minimum Gasteiger partial charge on any atom is -0.490 e. The molecule has 10 nitrogen and oxygen atoms in total. The largest absolute Gasteiger partial charge is 0.490 e. The Hall–Kier alpha value is -3.87. The van der Waals surface area contributed by atoms with Crippen LogP contribution in [0, 0.1) is 0 Å². The highest BCUT2D eigenvalue weighted by atomic mass is 79.9. The summed E-state index contributed by atoms with van der Waals surface area (Å²) in [5.41, 5.74) is 1.47. The lowest BCUT2D eigenvalue weighted by Crippen LogP contribution is -2.40.